The fraction of sp³-hybridized carbons (Fsp3) is 0.552. The standard InChI is InChI=1S/C29H40N2O7S/c1-4-6-14-31(39(34,35)17-7-5-2)16-15-30-19-24(22-10-13-25-26(18-22)38-20-37-25)27(29(32)33)28(30)21-8-11-23(36-3)12-9-21/h8-13,18,24,27-28H,4-7,14-17,19-20H2,1-3H3,(H,32,33)/t24?,27-,28+/m0/s1. The number of likely N-dealkylation sites (tertiary alicyclic amines) is 1. The summed E-state index contributed by atoms with van der Waals surface area (Å²) in [4.78, 5) is 14.9. The molecule has 0 aliphatic carbocycles. The van der Waals surface area contributed by atoms with Gasteiger partial charge in [0.1, 0.15) is 5.75 Å². The van der Waals surface area contributed by atoms with E-state index in [4.69, 9.17) is 14.2 Å². The predicted octanol–water partition coefficient (Wildman–Crippen LogP) is 4.50. The lowest BCUT2D eigenvalue weighted by Gasteiger charge is -2.30. The van der Waals surface area contributed by atoms with Crippen LogP contribution in [0.15, 0.2) is 42.5 Å². The zero-order valence-electron chi connectivity index (χ0n) is 23.0. The lowest BCUT2D eigenvalue weighted by atomic mass is 9.82. The van der Waals surface area contributed by atoms with Crippen LogP contribution in [0.4, 0.5) is 0 Å². The number of unbranched alkanes of at least 4 members (excludes halogenated alkanes) is 2. The molecule has 1 saturated heterocycles. The first kappa shape index (κ1) is 29.2. The number of sulfonamides is 1. The number of benzene rings is 2. The van der Waals surface area contributed by atoms with Gasteiger partial charge in [0, 0.05) is 38.1 Å². The summed E-state index contributed by atoms with van der Waals surface area (Å²) in [5.74, 6) is 0.145. The van der Waals surface area contributed by atoms with Gasteiger partial charge < -0.3 is 19.3 Å². The molecular weight excluding hydrogens is 520 g/mol. The predicted molar refractivity (Wildman–Crippen MR) is 149 cm³/mol. The van der Waals surface area contributed by atoms with Crippen LogP contribution in [-0.2, 0) is 14.8 Å². The number of hydrogen-bond donors (Lipinski definition) is 1. The number of rotatable bonds is 14. The van der Waals surface area contributed by atoms with Crippen LogP contribution in [0.25, 0.3) is 0 Å². The average molecular weight is 561 g/mol. The summed E-state index contributed by atoms with van der Waals surface area (Å²) in [5.41, 5.74) is 1.73. The Morgan fingerprint density at radius 1 is 1.03 bits per heavy atom. The van der Waals surface area contributed by atoms with Crippen molar-refractivity contribution in [2.24, 2.45) is 5.92 Å². The minimum atomic E-state index is -3.40. The Labute approximate surface area is 231 Å². The summed E-state index contributed by atoms with van der Waals surface area (Å²) in [6, 6.07) is 12.7. The monoisotopic (exact) mass is 560 g/mol. The first-order valence-corrected chi connectivity index (χ1v) is 15.4. The summed E-state index contributed by atoms with van der Waals surface area (Å²) in [7, 11) is -1.80. The van der Waals surface area contributed by atoms with E-state index in [9.17, 15) is 18.3 Å². The summed E-state index contributed by atoms with van der Waals surface area (Å²) in [5, 5.41) is 10.5. The molecule has 0 amide bonds. The van der Waals surface area contributed by atoms with E-state index >= 15 is 0 Å². The van der Waals surface area contributed by atoms with Crippen LogP contribution in [0.1, 0.15) is 62.6 Å². The van der Waals surface area contributed by atoms with Crippen LogP contribution in [0.3, 0.4) is 0 Å². The highest BCUT2D eigenvalue weighted by atomic mass is 32.2. The van der Waals surface area contributed by atoms with Crippen molar-refractivity contribution < 1.29 is 32.5 Å². The molecule has 2 aromatic carbocycles. The molecule has 214 valence electrons. The normalized spacial score (nSPS) is 21.0. The molecule has 0 saturated carbocycles. The molecule has 2 aromatic rings. The number of aliphatic carboxylic acids is 1. The van der Waals surface area contributed by atoms with Gasteiger partial charge in [-0.05, 0) is 48.2 Å². The quantitative estimate of drug-likeness (QED) is 0.360. The van der Waals surface area contributed by atoms with E-state index in [-0.39, 0.29) is 18.5 Å². The molecule has 0 spiro atoms. The number of ether oxygens (including phenoxy) is 3. The van der Waals surface area contributed by atoms with Crippen LogP contribution in [0, 0.1) is 5.92 Å². The van der Waals surface area contributed by atoms with E-state index in [1.807, 2.05) is 56.3 Å². The van der Waals surface area contributed by atoms with Gasteiger partial charge >= 0.3 is 5.97 Å². The molecule has 0 radical (unpaired) electrons. The van der Waals surface area contributed by atoms with Gasteiger partial charge in [0.25, 0.3) is 0 Å². The lowest BCUT2D eigenvalue weighted by molar-refractivity contribution is -0.143. The summed E-state index contributed by atoms with van der Waals surface area (Å²) < 4.78 is 44.3. The number of carboxylic acid groups (broad SMARTS) is 1. The summed E-state index contributed by atoms with van der Waals surface area (Å²) >= 11 is 0. The van der Waals surface area contributed by atoms with Crippen LogP contribution in [0.2, 0.25) is 0 Å². The highest BCUT2D eigenvalue weighted by Crippen LogP contribution is 2.47. The summed E-state index contributed by atoms with van der Waals surface area (Å²) in [6.45, 7) is 5.87. The second kappa shape index (κ2) is 13.0. The van der Waals surface area contributed by atoms with Crippen molar-refractivity contribution in [1.82, 2.24) is 9.21 Å². The van der Waals surface area contributed by atoms with Crippen molar-refractivity contribution >= 4 is 16.0 Å². The number of carboxylic acids is 1. The van der Waals surface area contributed by atoms with Gasteiger partial charge in [0.15, 0.2) is 11.5 Å². The van der Waals surface area contributed by atoms with Gasteiger partial charge in [0.2, 0.25) is 16.8 Å². The highest BCUT2D eigenvalue weighted by Gasteiger charge is 2.47. The molecule has 2 heterocycles. The molecule has 2 aliphatic heterocycles. The van der Waals surface area contributed by atoms with E-state index in [0.717, 1.165) is 30.4 Å². The van der Waals surface area contributed by atoms with Crippen LogP contribution in [-0.4, -0.2) is 74.5 Å². The number of carbonyl (C=O) groups is 1. The molecule has 1 N–H and O–H groups in total. The molecule has 1 unspecified atom stereocenters. The van der Waals surface area contributed by atoms with E-state index in [2.05, 4.69) is 4.90 Å². The third-order valence-electron chi connectivity index (χ3n) is 7.71. The maximum absolute atomic E-state index is 13.2. The first-order valence-electron chi connectivity index (χ1n) is 13.8. The average Bonchev–Trinajstić information content (AvgIpc) is 3.56. The third-order valence-corrected chi connectivity index (χ3v) is 9.67. The van der Waals surface area contributed by atoms with Crippen molar-refractivity contribution in [3.8, 4) is 17.2 Å². The zero-order chi connectivity index (χ0) is 28.0. The number of methoxy groups -OCH3 is 1. The Morgan fingerprint density at radius 3 is 2.38 bits per heavy atom. The number of nitrogens with zero attached hydrogens (tertiary/aromatic N) is 2. The van der Waals surface area contributed by atoms with Gasteiger partial charge in [-0.15, -0.1) is 0 Å². The van der Waals surface area contributed by atoms with Gasteiger partial charge in [-0.2, -0.15) is 0 Å². The minimum absolute atomic E-state index is 0.132. The fourth-order valence-electron chi connectivity index (χ4n) is 5.56. The molecule has 10 heteroatoms. The molecule has 1 fully saturated rings. The van der Waals surface area contributed by atoms with Gasteiger partial charge in [-0.25, -0.2) is 12.7 Å². The Kier molecular flexibility index (Phi) is 9.74. The van der Waals surface area contributed by atoms with Crippen molar-refractivity contribution in [3.63, 3.8) is 0 Å². The Morgan fingerprint density at radius 2 is 1.72 bits per heavy atom. The van der Waals surface area contributed by atoms with E-state index in [1.165, 1.54) is 0 Å². The topological polar surface area (TPSA) is 106 Å². The number of hydrogen-bond acceptors (Lipinski definition) is 7. The van der Waals surface area contributed by atoms with Crippen molar-refractivity contribution in [1.29, 1.82) is 0 Å². The van der Waals surface area contributed by atoms with Crippen LogP contribution < -0.4 is 14.2 Å². The molecule has 9 nitrogen and oxygen atoms in total. The molecule has 4 rings (SSSR count). The van der Waals surface area contributed by atoms with Crippen molar-refractivity contribution in [3.05, 3.63) is 53.6 Å². The second-order valence-corrected chi connectivity index (χ2v) is 12.3. The lowest BCUT2D eigenvalue weighted by Crippen LogP contribution is -2.40. The molecule has 0 aromatic heterocycles. The molecule has 3 atom stereocenters. The maximum Gasteiger partial charge on any atom is 0.309 e. The van der Waals surface area contributed by atoms with E-state index < -0.39 is 28.0 Å². The SMILES string of the molecule is CCCCN(CCN1CC(c2ccc3c(c2)OCO3)[C@H](C(=O)O)[C@H]1c1ccc(OC)cc1)S(=O)(=O)CCCC. The zero-order valence-corrected chi connectivity index (χ0v) is 23.9. The van der Waals surface area contributed by atoms with E-state index in [1.54, 1.807) is 11.4 Å². The Hall–Kier alpha value is -2.82. The minimum Gasteiger partial charge on any atom is -0.497 e. The molecule has 2 aliphatic rings. The smallest absolute Gasteiger partial charge is 0.309 e. The second-order valence-electron chi connectivity index (χ2n) is 10.2. The van der Waals surface area contributed by atoms with Gasteiger partial charge in [-0.3, -0.25) is 9.69 Å². The Balaban J connectivity index is 1.66. The van der Waals surface area contributed by atoms with Gasteiger partial charge in [-0.1, -0.05) is 44.9 Å². The fourth-order valence-corrected chi connectivity index (χ4v) is 7.24. The van der Waals surface area contributed by atoms with Crippen LogP contribution in [0.5, 0.6) is 17.2 Å². The first-order chi connectivity index (χ1) is 18.8. The van der Waals surface area contributed by atoms with Crippen molar-refractivity contribution in [2.45, 2.75) is 51.5 Å². The highest BCUT2D eigenvalue weighted by molar-refractivity contribution is 7.89. The van der Waals surface area contributed by atoms with Crippen LogP contribution >= 0.6 is 0 Å². The van der Waals surface area contributed by atoms with Gasteiger partial charge in [0.05, 0.1) is 18.8 Å². The maximum atomic E-state index is 13.2. The largest absolute Gasteiger partial charge is 0.497 e. The van der Waals surface area contributed by atoms with E-state index in [0.29, 0.717) is 49.8 Å². The summed E-state index contributed by atoms with van der Waals surface area (Å²) in [6.07, 6.45) is 3.11. The Bertz CT molecular complexity index is 1220. The number of fused-ring (bicyclic) bond motifs is 1. The molecular formula is C29H40N2O7S. The molecule has 39 heavy (non-hydrogen) atoms. The molecule has 0 bridgehead atoms. The van der Waals surface area contributed by atoms with Crippen molar-refractivity contribution in [2.75, 3.05) is 45.8 Å². The third kappa shape index (κ3) is 6.67.